The van der Waals surface area contributed by atoms with Gasteiger partial charge in [-0.05, 0) is 30.3 Å². The second-order valence-corrected chi connectivity index (χ2v) is 4.47. The van der Waals surface area contributed by atoms with Gasteiger partial charge in [-0.25, -0.2) is 9.78 Å². The van der Waals surface area contributed by atoms with Crippen LogP contribution >= 0.6 is 11.6 Å². The van der Waals surface area contributed by atoms with Crippen molar-refractivity contribution in [2.45, 2.75) is 0 Å². The number of carboxylic acid groups (broad SMARTS) is 1. The number of hydrogen-bond donors (Lipinski definition) is 1. The number of rotatable bonds is 1. The Morgan fingerprint density at radius 2 is 2.05 bits per heavy atom. The molecule has 5 nitrogen and oxygen atoms in total. The van der Waals surface area contributed by atoms with E-state index in [1.165, 1.54) is 22.7 Å². The van der Waals surface area contributed by atoms with E-state index in [9.17, 15) is 9.59 Å². The molecule has 0 spiro atoms. The van der Waals surface area contributed by atoms with Crippen molar-refractivity contribution < 1.29 is 9.90 Å². The van der Waals surface area contributed by atoms with Gasteiger partial charge in [-0.15, -0.1) is 0 Å². The average molecular weight is 275 g/mol. The Labute approximate surface area is 111 Å². The smallest absolute Gasteiger partial charge is 0.337 e. The highest BCUT2D eigenvalue weighted by atomic mass is 35.5. The molecule has 0 aliphatic rings. The highest BCUT2D eigenvalue weighted by Gasteiger charge is 2.09. The summed E-state index contributed by atoms with van der Waals surface area (Å²) in [6.07, 6.45) is 1.26. The molecule has 2 heterocycles. The highest BCUT2D eigenvalue weighted by molar-refractivity contribution is 6.31. The fourth-order valence-corrected chi connectivity index (χ4v) is 2.07. The fourth-order valence-electron chi connectivity index (χ4n) is 1.90. The lowest BCUT2D eigenvalue weighted by Crippen LogP contribution is -2.16. The maximum Gasteiger partial charge on any atom is 0.337 e. The Hall–Kier alpha value is -2.40. The van der Waals surface area contributed by atoms with Gasteiger partial charge in [0.25, 0.3) is 5.56 Å². The normalized spacial score (nSPS) is 11.0. The van der Waals surface area contributed by atoms with E-state index in [4.69, 9.17) is 16.7 Å². The summed E-state index contributed by atoms with van der Waals surface area (Å²) in [5, 5.41) is 9.82. The number of carboxylic acids is 1. The number of halogens is 1. The lowest BCUT2D eigenvalue weighted by molar-refractivity contribution is 0.0696. The summed E-state index contributed by atoms with van der Waals surface area (Å²) in [4.78, 5) is 27.5. The topological polar surface area (TPSA) is 71.7 Å². The molecule has 0 unspecified atom stereocenters. The first kappa shape index (κ1) is 11.7. The molecule has 0 amide bonds. The minimum Gasteiger partial charge on any atom is -0.478 e. The second-order valence-electron chi connectivity index (χ2n) is 4.03. The van der Waals surface area contributed by atoms with Gasteiger partial charge in [0.05, 0.1) is 16.5 Å². The standard InChI is InChI=1S/C13H7ClN2O3/c14-8-2-3-9-10(5-8)15-11-4-1-7(13(18)19)6-16(11)12(9)17/h1-6H,(H,18,19). The van der Waals surface area contributed by atoms with Crippen LogP contribution < -0.4 is 5.56 Å². The summed E-state index contributed by atoms with van der Waals surface area (Å²) in [5.41, 5.74) is 0.579. The Kier molecular flexibility index (Phi) is 2.50. The third kappa shape index (κ3) is 1.84. The quantitative estimate of drug-likeness (QED) is 0.691. The predicted molar refractivity (Wildman–Crippen MR) is 70.9 cm³/mol. The summed E-state index contributed by atoms with van der Waals surface area (Å²) >= 11 is 5.86. The third-order valence-corrected chi connectivity index (χ3v) is 3.05. The van der Waals surface area contributed by atoms with Gasteiger partial charge >= 0.3 is 5.97 Å². The van der Waals surface area contributed by atoms with Crippen molar-refractivity contribution in [1.82, 2.24) is 9.38 Å². The van der Waals surface area contributed by atoms with Gasteiger partial charge in [0.15, 0.2) is 0 Å². The van der Waals surface area contributed by atoms with Gasteiger partial charge in [0.2, 0.25) is 0 Å². The maximum absolute atomic E-state index is 12.3. The Bertz CT molecular complexity index is 886. The lowest BCUT2D eigenvalue weighted by atomic mass is 10.2. The van der Waals surface area contributed by atoms with E-state index in [1.54, 1.807) is 18.2 Å². The molecule has 0 saturated heterocycles. The first-order valence-corrected chi connectivity index (χ1v) is 5.79. The molecule has 0 saturated carbocycles. The van der Waals surface area contributed by atoms with Crippen molar-refractivity contribution in [2.24, 2.45) is 0 Å². The summed E-state index contributed by atoms with van der Waals surface area (Å²) in [5.74, 6) is -1.09. The van der Waals surface area contributed by atoms with Crippen LogP contribution in [-0.2, 0) is 0 Å². The summed E-state index contributed by atoms with van der Waals surface area (Å²) in [6, 6.07) is 7.67. The minimum atomic E-state index is -1.09. The summed E-state index contributed by atoms with van der Waals surface area (Å²) in [6.45, 7) is 0. The Morgan fingerprint density at radius 1 is 1.26 bits per heavy atom. The second kappa shape index (κ2) is 4.07. The van der Waals surface area contributed by atoms with E-state index in [0.717, 1.165) is 0 Å². The number of nitrogens with zero attached hydrogens (tertiary/aromatic N) is 2. The highest BCUT2D eigenvalue weighted by Crippen LogP contribution is 2.16. The molecule has 1 N–H and O–H groups in total. The molecule has 0 fully saturated rings. The van der Waals surface area contributed by atoms with E-state index in [0.29, 0.717) is 21.6 Å². The molecule has 0 aliphatic carbocycles. The monoisotopic (exact) mass is 274 g/mol. The largest absolute Gasteiger partial charge is 0.478 e. The maximum atomic E-state index is 12.3. The van der Waals surface area contributed by atoms with Crippen LogP contribution in [0.5, 0.6) is 0 Å². The number of benzene rings is 1. The van der Waals surface area contributed by atoms with Crippen molar-refractivity contribution >= 4 is 34.1 Å². The average Bonchev–Trinajstić information content (AvgIpc) is 2.38. The summed E-state index contributed by atoms with van der Waals surface area (Å²) < 4.78 is 1.22. The van der Waals surface area contributed by atoms with Gasteiger partial charge in [-0.1, -0.05) is 11.6 Å². The molecule has 3 rings (SSSR count). The van der Waals surface area contributed by atoms with Crippen LogP contribution in [0.25, 0.3) is 16.6 Å². The van der Waals surface area contributed by atoms with Crippen molar-refractivity contribution in [2.75, 3.05) is 0 Å². The number of pyridine rings is 1. The molecule has 0 atom stereocenters. The van der Waals surface area contributed by atoms with E-state index in [-0.39, 0.29) is 11.1 Å². The molecule has 0 bridgehead atoms. The van der Waals surface area contributed by atoms with Crippen molar-refractivity contribution in [3.63, 3.8) is 0 Å². The third-order valence-electron chi connectivity index (χ3n) is 2.82. The van der Waals surface area contributed by atoms with Crippen LogP contribution in [0.2, 0.25) is 5.02 Å². The minimum absolute atomic E-state index is 0.0321. The molecule has 3 aromatic rings. The Balaban J connectivity index is 2.47. The van der Waals surface area contributed by atoms with Crippen LogP contribution in [0, 0.1) is 0 Å². The van der Waals surface area contributed by atoms with Crippen LogP contribution in [0.15, 0.2) is 41.3 Å². The van der Waals surface area contributed by atoms with Crippen LogP contribution in [0.4, 0.5) is 0 Å². The molecule has 0 radical (unpaired) electrons. The first-order valence-electron chi connectivity index (χ1n) is 5.41. The van der Waals surface area contributed by atoms with E-state index < -0.39 is 5.97 Å². The zero-order valence-electron chi connectivity index (χ0n) is 9.50. The van der Waals surface area contributed by atoms with Gasteiger partial charge in [0.1, 0.15) is 5.65 Å². The molecular formula is C13H7ClN2O3. The SMILES string of the molecule is O=C(O)c1ccc2nc3cc(Cl)ccc3c(=O)n2c1. The molecule has 0 aliphatic heterocycles. The zero-order chi connectivity index (χ0) is 13.6. The number of aromatic nitrogens is 2. The fraction of sp³-hybridized carbons (Fsp3) is 0. The molecule has 2 aromatic heterocycles. The molecule has 6 heteroatoms. The van der Waals surface area contributed by atoms with E-state index in [2.05, 4.69) is 4.98 Å². The molecular weight excluding hydrogens is 268 g/mol. The lowest BCUT2D eigenvalue weighted by Gasteiger charge is -2.04. The number of carbonyl (C=O) groups is 1. The van der Waals surface area contributed by atoms with Crippen LogP contribution in [-0.4, -0.2) is 20.5 Å². The number of fused-ring (bicyclic) bond motifs is 2. The molecule has 94 valence electrons. The van der Waals surface area contributed by atoms with Crippen molar-refractivity contribution in [3.05, 3.63) is 57.5 Å². The van der Waals surface area contributed by atoms with Gasteiger partial charge in [-0.2, -0.15) is 0 Å². The Morgan fingerprint density at radius 3 is 2.79 bits per heavy atom. The van der Waals surface area contributed by atoms with Crippen LogP contribution in [0.3, 0.4) is 0 Å². The van der Waals surface area contributed by atoms with E-state index in [1.807, 2.05) is 0 Å². The van der Waals surface area contributed by atoms with Gasteiger partial charge < -0.3 is 5.11 Å². The summed E-state index contributed by atoms with van der Waals surface area (Å²) in [7, 11) is 0. The first-order chi connectivity index (χ1) is 9.06. The number of hydrogen-bond acceptors (Lipinski definition) is 3. The van der Waals surface area contributed by atoms with Crippen LogP contribution in [0.1, 0.15) is 10.4 Å². The van der Waals surface area contributed by atoms with Gasteiger partial charge in [-0.3, -0.25) is 9.20 Å². The van der Waals surface area contributed by atoms with E-state index >= 15 is 0 Å². The van der Waals surface area contributed by atoms with Crippen molar-refractivity contribution in [1.29, 1.82) is 0 Å². The van der Waals surface area contributed by atoms with Gasteiger partial charge in [0, 0.05) is 11.2 Å². The molecule has 19 heavy (non-hydrogen) atoms. The zero-order valence-corrected chi connectivity index (χ0v) is 10.3. The predicted octanol–water partition coefficient (Wildman–Crippen LogP) is 2.20. The van der Waals surface area contributed by atoms with Crippen molar-refractivity contribution in [3.8, 4) is 0 Å². The molecule has 1 aromatic carbocycles. The number of aromatic carboxylic acids is 1.